The van der Waals surface area contributed by atoms with Gasteiger partial charge in [-0.1, -0.05) is 58.9 Å². The molecule has 1 aliphatic carbocycles. The summed E-state index contributed by atoms with van der Waals surface area (Å²) in [6, 6.07) is 9.49. The fourth-order valence-electron chi connectivity index (χ4n) is 2.85. The van der Waals surface area contributed by atoms with E-state index >= 15 is 0 Å². The summed E-state index contributed by atoms with van der Waals surface area (Å²) in [4.78, 5) is 0. The van der Waals surface area contributed by atoms with Crippen molar-refractivity contribution in [3.05, 3.63) is 35.4 Å². The third-order valence-corrected chi connectivity index (χ3v) is 4.00. The van der Waals surface area contributed by atoms with Gasteiger partial charge in [-0.3, -0.25) is 0 Å². The first-order valence-corrected chi connectivity index (χ1v) is 7.12. The summed E-state index contributed by atoms with van der Waals surface area (Å²) >= 11 is 0. The Kier molecular flexibility index (Phi) is 3.55. The molecule has 100 valence electrons. The lowest BCUT2D eigenvalue weighted by Gasteiger charge is -2.38. The quantitative estimate of drug-likeness (QED) is 0.812. The summed E-state index contributed by atoms with van der Waals surface area (Å²) in [5.41, 5.74) is 3.72. The molecule has 1 atom stereocenters. The van der Waals surface area contributed by atoms with Crippen molar-refractivity contribution in [2.75, 3.05) is 6.54 Å². The zero-order valence-corrected chi connectivity index (χ0v) is 12.5. The molecule has 1 unspecified atom stereocenters. The molecule has 1 aliphatic rings. The van der Waals surface area contributed by atoms with Crippen LogP contribution in [0.25, 0.3) is 0 Å². The molecule has 0 fully saturated rings. The average Bonchev–Trinajstić information content (AvgIpc) is 2.27. The Labute approximate surface area is 112 Å². The molecule has 0 heterocycles. The van der Waals surface area contributed by atoms with Crippen molar-refractivity contribution in [3.63, 3.8) is 0 Å². The summed E-state index contributed by atoms with van der Waals surface area (Å²) < 4.78 is 0. The standard InChI is InChI=1S/C17H27N/c1-16(2,3)12-18-15-10-11-17(4,5)14-9-7-6-8-13(14)15/h6-9,15,18H,10-12H2,1-5H3. The van der Waals surface area contributed by atoms with E-state index in [1.54, 1.807) is 0 Å². The van der Waals surface area contributed by atoms with Crippen molar-refractivity contribution in [3.8, 4) is 0 Å². The van der Waals surface area contributed by atoms with E-state index in [2.05, 4.69) is 64.2 Å². The zero-order valence-electron chi connectivity index (χ0n) is 12.5. The monoisotopic (exact) mass is 245 g/mol. The second kappa shape index (κ2) is 4.70. The van der Waals surface area contributed by atoms with Crippen LogP contribution in [0.2, 0.25) is 0 Å². The highest BCUT2D eigenvalue weighted by atomic mass is 14.9. The summed E-state index contributed by atoms with van der Waals surface area (Å²) in [6.45, 7) is 12.7. The van der Waals surface area contributed by atoms with Crippen molar-refractivity contribution < 1.29 is 0 Å². The normalized spacial score (nSPS) is 22.6. The van der Waals surface area contributed by atoms with Gasteiger partial charge in [0.2, 0.25) is 0 Å². The number of benzene rings is 1. The molecule has 18 heavy (non-hydrogen) atoms. The van der Waals surface area contributed by atoms with Crippen LogP contribution < -0.4 is 5.32 Å². The molecule has 1 N–H and O–H groups in total. The fraction of sp³-hybridized carbons (Fsp3) is 0.647. The van der Waals surface area contributed by atoms with Crippen LogP contribution in [-0.4, -0.2) is 6.54 Å². The second-order valence-corrected chi connectivity index (χ2v) is 7.50. The molecule has 0 radical (unpaired) electrons. The Morgan fingerprint density at radius 2 is 1.89 bits per heavy atom. The average molecular weight is 245 g/mol. The molecule has 0 amide bonds. The van der Waals surface area contributed by atoms with E-state index in [4.69, 9.17) is 0 Å². The minimum Gasteiger partial charge on any atom is -0.309 e. The summed E-state index contributed by atoms with van der Waals surface area (Å²) in [5, 5.41) is 3.76. The third-order valence-electron chi connectivity index (χ3n) is 4.00. The zero-order chi connectivity index (χ0) is 13.4. The van der Waals surface area contributed by atoms with Gasteiger partial charge < -0.3 is 5.32 Å². The number of fused-ring (bicyclic) bond motifs is 1. The lowest BCUT2D eigenvalue weighted by atomic mass is 9.71. The van der Waals surface area contributed by atoms with Crippen LogP contribution in [0, 0.1) is 5.41 Å². The molecule has 0 aliphatic heterocycles. The van der Waals surface area contributed by atoms with Crippen LogP contribution in [0.1, 0.15) is 64.6 Å². The van der Waals surface area contributed by atoms with Crippen LogP contribution >= 0.6 is 0 Å². The summed E-state index contributed by atoms with van der Waals surface area (Å²) in [6.07, 6.45) is 2.52. The van der Waals surface area contributed by atoms with Crippen LogP contribution in [-0.2, 0) is 5.41 Å². The molecule has 1 heteroatoms. The van der Waals surface area contributed by atoms with E-state index in [0.717, 1.165) is 6.54 Å². The van der Waals surface area contributed by atoms with E-state index in [9.17, 15) is 0 Å². The van der Waals surface area contributed by atoms with Gasteiger partial charge in [-0.2, -0.15) is 0 Å². The van der Waals surface area contributed by atoms with E-state index in [1.807, 2.05) is 0 Å². The fourth-order valence-corrected chi connectivity index (χ4v) is 2.85. The molecule has 1 aromatic carbocycles. The van der Waals surface area contributed by atoms with Gasteiger partial charge in [-0.25, -0.2) is 0 Å². The number of rotatable bonds is 2. The maximum absolute atomic E-state index is 3.76. The predicted octanol–water partition coefficient (Wildman–Crippen LogP) is 4.43. The molecule has 0 bridgehead atoms. The highest BCUT2D eigenvalue weighted by Gasteiger charge is 2.32. The van der Waals surface area contributed by atoms with Gasteiger partial charge in [0, 0.05) is 12.6 Å². The molecule has 1 aromatic rings. The maximum atomic E-state index is 3.76. The molecular formula is C17H27N. The lowest BCUT2D eigenvalue weighted by molar-refractivity contribution is 0.309. The molecule has 0 aromatic heterocycles. The van der Waals surface area contributed by atoms with E-state index in [-0.39, 0.29) is 0 Å². The largest absolute Gasteiger partial charge is 0.309 e. The summed E-state index contributed by atoms with van der Waals surface area (Å²) in [5.74, 6) is 0. The Morgan fingerprint density at radius 1 is 1.22 bits per heavy atom. The Hall–Kier alpha value is -0.820. The molecular weight excluding hydrogens is 218 g/mol. The molecule has 0 spiro atoms. The Morgan fingerprint density at radius 3 is 2.56 bits per heavy atom. The first-order chi connectivity index (χ1) is 8.30. The molecule has 0 saturated heterocycles. The van der Waals surface area contributed by atoms with E-state index in [1.165, 1.54) is 24.0 Å². The van der Waals surface area contributed by atoms with Gasteiger partial charge in [0.1, 0.15) is 0 Å². The SMILES string of the molecule is CC(C)(C)CNC1CCC(C)(C)c2ccccc21. The van der Waals surface area contributed by atoms with Crippen LogP contribution in [0.3, 0.4) is 0 Å². The first kappa shape index (κ1) is 13.6. The number of nitrogens with one attached hydrogen (secondary N) is 1. The van der Waals surface area contributed by atoms with Crippen LogP contribution in [0.4, 0.5) is 0 Å². The van der Waals surface area contributed by atoms with Gasteiger partial charge in [0.25, 0.3) is 0 Å². The first-order valence-electron chi connectivity index (χ1n) is 7.12. The van der Waals surface area contributed by atoms with E-state index in [0.29, 0.717) is 16.9 Å². The molecule has 0 saturated carbocycles. The highest BCUT2D eigenvalue weighted by Crippen LogP contribution is 2.41. The van der Waals surface area contributed by atoms with Gasteiger partial charge >= 0.3 is 0 Å². The van der Waals surface area contributed by atoms with Crippen molar-refractivity contribution >= 4 is 0 Å². The predicted molar refractivity (Wildman–Crippen MR) is 78.9 cm³/mol. The van der Waals surface area contributed by atoms with Crippen molar-refractivity contribution in [1.29, 1.82) is 0 Å². The van der Waals surface area contributed by atoms with Crippen molar-refractivity contribution in [2.45, 2.75) is 58.9 Å². The maximum Gasteiger partial charge on any atom is 0.0323 e. The molecule has 2 rings (SSSR count). The summed E-state index contributed by atoms with van der Waals surface area (Å²) in [7, 11) is 0. The van der Waals surface area contributed by atoms with Gasteiger partial charge in [-0.05, 0) is 34.8 Å². The smallest absolute Gasteiger partial charge is 0.0323 e. The Balaban J connectivity index is 2.21. The van der Waals surface area contributed by atoms with Crippen LogP contribution in [0.15, 0.2) is 24.3 Å². The topological polar surface area (TPSA) is 12.0 Å². The van der Waals surface area contributed by atoms with E-state index < -0.39 is 0 Å². The van der Waals surface area contributed by atoms with Crippen molar-refractivity contribution in [2.24, 2.45) is 5.41 Å². The van der Waals surface area contributed by atoms with Crippen molar-refractivity contribution in [1.82, 2.24) is 5.32 Å². The minimum absolute atomic E-state index is 0.330. The third kappa shape index (κ3) is 2.95. The van der Waals surface area contributed by atoms with Gasteiger partial charge in [0.15, 0.2) is 0 Å². The lowest BCUT2D eigenvalue weighted by Crippen LogP contribution is -2.36. The van der Waals surface area contributed by atoms with Crippen LogP contribution in [0.5, 0.6) is 0 Å². The minimum atomic E-state index is 0.330. The van der Waals surface area contributed by atoms with Gasteiger partial charge in [0.05, 0.1) is 0 Å². The molecule has 1 nitrogen and oxygen atoms in total. The van der Waals surface area contributed by atoms with Gasteiger partial charge in [-0.15, -0.1) is 0 Å². The number of hydrogen-bond acceptors (Lipinski definition) is 1. The highest BCUT2D eigenvalue weighted by molar-refractivity contribution is 5.38. The Bertz CT molecular complexity index is 412. The number of hydrogen-bond donors (Lipinski definition) is 1. The second-order valence-electron chi connectivity index (χ2n) is 7.50.